The molecular formula is C12H10BrF3N4O. The highest BCUT2D eigenvalue weighted by Crippen LogP contribution is 2.33. The molecule has 2 N–H and O–H groups in total. The molecule has 0 radical (unpaired) electrons. The molecule has 0 saturated heterocycles. The summed E-state index contributed by atoms with van der Waals surface area (Å²) in [4.78, 5) is 8.09. The first kappa shape index (κ1) is 15.4. The van der Waals surface area contributed by atoms with Crippen molar-refractivity contribution < 1.29 is 17.9 Å². The Bertz CT molecular complexity index is 636. The Morgan fingerprint density at radius 2 is 2.00 bits per heavy atom. The van der Waals surface area contributed by atoms with Gasteiger partial charge in [-0.05, 0) is 40.2 Å². The molecule has 0 aliphatic rings. The SMILES string of the molecule is CNc1nccc(Nc2ccc(OC(F)(F)F)c(Br)c2)n1. The molecule has 1 heterocycles. The van der Waals surface area contributed by atoms with Gasteiger partial charge in [0.1, 0.15) is 11.6 Å². The van der Waals surface area contributed by atoms with E-state index < -0.39 is 6.36 Å². The summed E-state index contributed by atoms with van der Waals surface area (Å²) >= 11 is 3.03. The van der Waals surface area contributed by atoms with Gasteiger partial charge < -0.3 is 15.4 Å². The van der Waals surface area contributed by atoms with Crippen LogP contribution in [0.1, 0.15) is 0 Å². The lowest BCUT2D eigenvalue weighted by molar-refractivity contribution is -0.274. The average molecular weight is 363 g/mol. The first-order chi connectivity index (χ1) is 9.87. The van der Waals surface area contributed by atoms with Gasteiger partial charge in [0.25, 0.3) is 0 Å². The van der Waals surface area contributed by atoms with Gasteiger partial charge in [-0.3, -0.25) is 0 Å². The van der Waals surface area contributed by atoms with Crippen molar-refractivity contribution in [2.24, 2.45) is 0 Å². The van der Waals surface area contributed by atoms with E-state index in [1.54, 1.807) is 19.3 Å². The van der Waals surface area contributed by atoms with Crippen LogP contribution in [0.2, 0.25) is 0 Å². The standard InChI is InChI=1S/C12H10BrF3N4O/c1-17-11-18-5-4-10(20-11)19-7-2-3-9(8(13)6-7)21-12(14,15)16/h2-6H,1H3,(H2,17,18,19,20). The fourth-order valence-electron chi connectivity index (χ4n) is 1.48. The molecule has 1 aromatic carbocycles. The average Bonchev–Trinajstić information content (AvgIpc) is 2.41. The quantitative estimate of drug-likeness (QED) is 0.862. The van der Waals surface area contributed by atoms with Gasteiger partial charge in [0.15, 0.2) is 0 Å². The molecule has 0 unspecified atom stereocenters. The zero-order valence-electron chi connectivity index (χ0n) is 10.7. The van der Waals surface area contributed by atoms with Gasteiger partial charge in [0, 0.05) is 18.9 Å². The van der Waals surface area contributed by atoms with Crippen LogP contribution >= 0.6 is 15.9 Å². The Hall–Kier alpha value is -2.03. The van der Waals surface area contributed by atoms with Gasteiger partial charge in [0.2, 0.25) is 5.95 Å². The molecule has 112 valence electrons. The molecule has 0 saturated carbocycles. The lowest BCUT2D eigenvalue weighted by Gasteiger charge is -2.12. The van der Waals surface area contributed by atoms with Gasteiger partial charge in [-0.1, -0.05) is 0 Å². The molecule has 9 heteroatoms. The third-order valence-corrected chi connectivity index (χ3v) is 2.93. The maximum Gasteiger partial charge on any atom is 0.573 e. The summed E-state index contributed by atoms with van der Waals surface area (Å²) < 4.78 is 40.5. The maximum atomic E-state index is 12.2. The molecule has 0 aliphatic heterocycles. The minimum Gasteiger partial charge on any atom is -0.405 e. The van der Waals surface area contributed by atoms with E-state index in [4.69, 9.17) is 0 Å². The van der Waals surface area contributed by atoms with E-state index in [1.807, 2.05) is 0 Å². The van der Waals surface area contributed by atoms with Crippen LogP contribution in [0.4, 0.5) is 30.6 Å². The normalized spacial score (nSPS) is 11.1. The van der Waals surface area contributed by atoms with Gasteiger partial charge in [-0.25, -0.2) is 4.98 Å². The molecule has 0 atom stereocenters. The number of hydrogen-bond acceptors (Lipinski definition) is 5. The fraction of sp³-hybridized carbons (Fsp3) is 0.167. The number of benzene rings is 1. The van der Waals surface area contributed by atoms with Gasteiger partial charge in [0.05, 0.1) is 4.47 Å². The number of ether oxygens (including phenoxy) is 1. The summed E-state index contributed by atoms with van der Waals surface area (Å²) in [6.45, 7) is 0. The second-order valence-corrected chi connectivity index (χ2v) is 4.69. The summed E-state index contributed by atoms with van der Waals surface area (Å²) in [5.41, 5.74) is 0.553. The molecule has 0 spiro atoms. The minimum atomic E-state index is -4.73. The lowest BCUT2D eigenvalue weighted by Crippen LogP contribution is -2.17. The second kappa shape index (κ2) is 6.17. The largest absolute Gasteiger partial charge is 0.573 e. The van der Waals surface area contributed by atoms with Gasteiger partial charge >= 0.3 is 6.36 Å². The molecular weight excluding hydrogens is 353 g/mol. The fourth-order valence-corrected chi connectivity index (χ4v) is 1.94. The van der Waals surface area contributed by atoms with E-state index in [0.717, 1.165) is 0 Å². The summed E-state index contributed by atoms with van der Waals surface area (Å²) in [7, 11) is 1.68. The number of rotatable bonds is 4. The first-order valence-electron chi connectivity index (χ1n) is 5.70. The van der Waals surface area contributed by atoms with Crippen molar-refractivity contribution >= 4 is 33.4 Å². The van der Waals surface area contributed by atoms with Gasteiger partial charge in [-0.15, -0.1) is 13.2 Å². The zero-order chi connectivity index (χ0) is 15.5. The van der Waals surface area contributed by atoms with Crippen LogP contribution in [0.15, 0.2) is 34.9 Å². The van der Waals surface area contributed by atoms with Crippen LogP contribution in [0, 0.1) is 0 Å². The van der Waals surface area contributed by atoms with Gasteiger partial charge in [-0.2, -0.15) is 4.98 Å². The monoisotopic (exact) mass is 362 g/mol. The van der Waals surface area contributed by atoms with Crippen LogP contribution in [-0.4, -0.2) is 23.4 Å². The molecule has 21 heavy (non-hydrogen) atoms. The van der Waals surface area contributed by atoms with Crippen molar-refractivity contribution in [2.45, 2.75) is 6.36 Å². The minimum absolute atomic E-state index is 0.174. The Balaban J connectivity index is 2.16. The first-order valence-corrected chi connectivity index (χ1v) is 6.50. The molecule has 0 amide bonds. The third-order valence-electron chi connectivity index (χ3n) is 2.31. The number of hydrogen-bond donors (Lipinski definition) is 2. The van der Waals surface area contributed by atoms with Crippen LogP contribution < -0.4 is 15.4 Å². The van der Waals surface area contributed by atoms with E-state index in [2.05, 4.69) is 41.3 Å². The van der Waals surface area contributed by atoms with E-state index in [-0.39, 0.29) is 10.2 Å². The summed E-state index contributed by atoms with van der Waals surface area (Å²) in [5, 5.41) is 5.73. The number of nitrogens with one attached hydrogen (secondary N) is 2. The molecule has 0 fully saturated rings. The second-order valence-electron chi connectivity index (χ2n) is 3.83. The molecule has 5 nitrogen and oxygen atoms in total. The number of halogens is 4. The van der Waals surface area contributed by atoms with E-state index in [9.17, 15) is 13.2 Å². The van der Waals surface area contributed by atoms with E-state index in [1.165, 1.54) is 18.2 Å². The van der Waals surface area contributed by atoms with Crippen molar-refractivity contribution in [3.05, 3.63) is 34.9 Å². The predicted molar refractivity (Wildman–Crippen MR) is 75.7 cm³/mol. The van der Waals surface area contributed by atoms with Crippen LogP contribution in [-0.2, 0) is 0 Å². The highest BCUT2D eigenvalue weighted by molar-refractivity contribution is 9.10. The van der Waals surface area contributed by atoms with Crippen molar-refractivity contribution in [1.29, 1.82) is 0 Å². The summed E-state index contributed by atoms with van der Waals surface area (Å²) in [5.74, 6) is 0.619. The van der Waals surface area contributed by atoms with E-state index >= 15 is 0 Å². The number of alkyl halides is 3. The Morgan fingerprint density at radius 1 is 1.24 bits per heavy atom. The van der Waals surface area contributed by atoms with Crippen LogP contribution in [0.25, 0.3) is 0 Å². The molecule has 0 bridgehead atoms. The van der Waals surface area contributed by atoms with E-state index in [0.29, 0.717) is 17.5 Å². The number of aromatic nitrogens is 2. The Labute approximate surface area is 126 Å². The zero-order valence-corrected chi connectivity index (χ0v) is 12.3. The lowest BCUT2D eigenvalue weighted by atomic mass is 10.3. The van der Waals surface area contributed by atoms with Crippen LogP contribution in [0.5, 0.6) is 5.75 Å². The predicted octanol–water partition coefficient (Wildman–Crippen LogP) is 3.92. The Morgan fingerprint density at radius 3 is 2.62 bits per heavy atom. The number of nitrogens with zero attached hydrogens (tertiary/aromatic N) is 2. The highest BCUT2D eigenvalue weighted by Gasteiger charge is 2.31. The Kier molecular flexibility index (Phi) is 4.51. The van der Waals surface area contributed by atoms with Crippen molar-refractivity contribution in [1.82, 2.24) is 9.97 Å². The topological polar surface area (TPSA) is 59.1 Å². The smallest absolute Gasteiger partial charge is 0.405 e. The number of anilines is 3. The molecule has 1 aromatic heterocycles. The summed E-state index contributed by atoms with van der Waals surface area (Å²) in [6, 6.07) is 5.75. The van der Waals surface area contributed by atoms with Crippen molar-refractivity contribution in [2.75, 3.05) is 17.7 Å². The molecule has 2 aromatic rings. The third kappa shape index (κ3) is 4.48. The van der Waals surface area contributed by atoms with Crippen LogP contribution in [0.3, 0.4) is 0 Å². The molecule has 2 rings (SSSR count). The van der Waals surface area contributed by atoms with Crippen molar-refractivity contribution in [3.63, 3.8) is 0 Å². The summed E-state index contributed by atoms with van der Waals surface area (Å²) in [6.07, 6.45) is -3.18. The highest BCUT2D eigenvalue weighted by atomic mass is 79.9. The maximum absolute atomic E-state index is 12.2. The van der Waals surface area contributed by atoms with Crippen molar-refractivity contribution in [3.8, 4) is 5.75 Å². The molecule has 0 aliphatic carbocycles.